The summed E-state index contributed by atoms with van der Waals surface area (Å²) in [6, 6.07) is 3.04. The maximum atomic E-state index is 13.6. The number of carbonyl (C=O) groups is 2. The Bertz CT molecular complexity index is 844. The average Bonchev–Trinajstić information content (AvgIpc) is 2.88. The number of halogens is 2. The molecule has 0 aliphatic heterocycles. The van der Waals surface area contributed by atoms with Crippen LogP contribution < -0.4 is 11.3 Å². The van der Waals surface area contributed by atoms with E-state index in [4.69, 9.17) is 10.5 Å². The second-order valence-corrected chi connectivity index (χ2v) is 5.35. The van der Waals surface area contributed by atoms with Crippen LogP contribution in [0, 0.1) is 11.6 Å². The summed E-state index contributed by atoms with van der Waals surface area (Å²) >= 11 is 0. The van der Waals surface area contributed by atoms with E-state index in [0.29, 0.717) is 0 Å². The average molecular weight is 353 g/mol. The molecule has 1 unspecified atom stereocenters. The van der Waals surface area contributed by atoms with Gasteiger partial charge in [-0.25, -0.2) is 8.78 Å². The van der Waals surface area contributed by atoms with Crippen molar-refractivity contribution in [1.82, 2.24) is 10.2 Å². The summed E-state index contributed by atoms with van der Waals surface area (Å²) in [5, 5.41) is 4.88. The number of carbonyl (C=O) groups excluding carboxylic acids is 2. The zero-order chi connectivity index (χ0) is 18.6. The highest BCUT2D eigenvalue weighted by atomic mass is 19.2. The molecule has 0 saturated carbocycles. The number of nitrogens with one attached hydrogen (secondary N) is 2. The molecule has 0 aliphatic rings. The summed E-state index contributed by atoms with van der Waals surface area (Å²) in [6.45, 7) is 1.80. The molecule has 2 aromatic rings. The lowest BCUT2D eigenvalue weighted by atomic mass is 9.87. The number of H-pyrrole nitrogens is 2. The standard InChI is InChI=1S/C16H17F2N3O4/c1-2-25-14(23)7-12-15(16(24)21-20-12)9(6-13(19)22)8-3-4-10(17)11(18)5-8/h3-5,9H,2,6-7H2,1H3,(H2,19,22)(H2,20,21,24). The Labute approximate surface area is 141 Å². The van der Waals surface area contributed by atoms with E-state index in [1.807, 2.05) is 0 Å². The minimum Gasteiger partial charge on any atom is -0.466 e. The zero-order valence-corrected chi connectivity index (χ0v) is 13.4. The van der Waals surface area contributed by atoms with Crippen molar-refractivity contribution in [2.45, 2.75) is 25.7 Å². The fourth-order valence-corrected chi connectivity index (χ4v) is 2.59. The van der Waals surface area contributed by atoms with Gasteiger partial charge in [-0.05, 0) is 24.6 Å². The smallest absolute Gasteiger partial charge is 0.311 e. The predicted molar refractivity (Wildman–Crippen MR) is 83.8 cm³/mol. The number of benzene rings is 1. The van der Waals surface area contributed by atoms with Gasteiger partial charge in [0.2, 0.25) is 5.91 Å². The van der Waals surface area contributed by atoms with Crippen LogP contribution >= 0.6 is 0 Å². The van der Waals surface area contributed by atoms with E-state index in [2.05, 4.69) is 10.2 Å². The van der Waals surface area contributed by atoms with Crippen molar-refractivity contribution in [2.24, 2.45) is 5.73 Å². The van der Waals surface area contributed by atoms with Crippen LogP contribution in [0.4, 0.5) is 8.78 Å². The van der Waals surface area contributed by atoms with Crippen LogP contribution in [0.5, 0.6) is 0 Å². The lowest BCUT2D eigenvalue weighted by Crippen LogP contribution is -2.22. The molecule has 0 bridgehead atoms. The number of esters is 1. The molecule has 1 aromatic heterocycles. The van der Waals surface area contributed by atoms with Gasteiger partial charge in [-0.1, -0.05) is 6.07 Å². The molecule has 0 spiro atoms. The molecule has 134 valence electrons. The van der Waals surface area contributed by atoms with Gasteiger partial charge in [0.1, 0.15) is 0 Å². The van der Waals surface area contributed by atoms with E-state index < -0.39 is 35.0 Å². The van der Waals surface area contributed by atoms with E-state index in [1.165, 1.54) is 6.07 Å². The van der Waals surface area contributed by atoms with E-state index >= 15 is 0 Å². The molecule has 0 saturated heterocycles. The van der Waals surface area contributed by atoms with E-state index in [9.17, 15) is 23.2 Å². The van der Waals surface area contributed by atoms with Crippen molar-refractivity contribution in [3.63, 3.8) is 0 Å². The molecule has 9 heteroatoms. The third-order valence-corrected chi connectivity index (χ3v) is 3.62. The molecular weight excluding hydrogens is 336 g/mol. The molecule has 1 heterocycles. The summed E-state index contributed by atoms with van der Waals surface area (Å²) in [5.41, 5.74) is 5.08. The summed E-state index contributed by atoms with van der Waals surface area (Å²) in [7, 11) is 0. The Morgan fingerprint density at radius 1 is 1.24 bits per heavy atom. The van der Waals surface area contributed by atoms with Crippen LogP contribution in [0.25, 0.3) is 0 Å². The highest BCUT2D eigenvalue weighted by Crippen LogP contribution is 2.29. The second kappa shape index (κ2) is 7.73. The fraction of sp³-hybridized carbons (Fsp3) is 0.312. The minimum absolute atomic E-state index is 0.0536. The predicted octanol–water partition coefficient (Wildman–Crippen LogP) is 1.09. The highest BCUT2D eigenvalue weighted by Gasteiger charge is 2.26. The summed E-state index contributed by atoms with van der Waals surface area (Å²) < 4.78 is 31.6. The quantitative estimate of drug-likeness (QED) is 0.646. The van der Waals surface area contributed by atoms with Crippen LogP contribution in [-0.4, -0.2) is 28.7 Å². The van der Waals surface area contributed by atoms with Crippen LogP contribution in [0.3, 0.4) is 0 Å². The van der Waals surface area contributed by atoms with Crippen molar-refractivity contribution >= 4 is 11.9 Å². The Morgan fingerprint density at radius 2 is 1.96 bits per heavy atom. The molecule has 25 heavy (non-hydrogen) atoms. The molecule has 7 nitrogen and oxygen atoms in total. The lowest BCUT2D eigenvalue weighted by Gasteiger charge is -2.16. The van der Waals surface area contributed by atoms with Gasteiger partial charge in [-0.2, -0.15) is 0 Å². The number of nitrogens with two attached hydrogens (primary N) is 1. The number of amides is 1. The van der Waals surface area contributed by atoms with Gasteiger partial charge in [0.05, 0.1) is 18.7 Å². The zero-order valence-electron chi connectivity index (χ0n) is 13.4. The molecule has 0 aliphatic carbocycles. The number of ether oxygens (including phenoxy) is 1. The number of hydrogen-bond donors (Lipinski definition) is 3. The molecule has 1 amide bonds. The first-order valence-corrected chi connectivity index (χ1v) is 7.51. The lowest BCUT2D eigenvalue weighted by molar-refractivity contribution is -0.142. The van der Waals surface area contributed by atoms with Crippen LogP contribution in [0.15, 0.2) is 23.0 Å². The number of primary amides is 1. The second-order valence-electron chi connectivity index (χ2n) is 5.35. The first-order chi connectivity index (χ1) is 11.8. The third kappa shape index (κ3) is 4.31. The van der Waals surface area contributed by atoms with Gasteiger partial charge in [-0.15, -0.1) is 0 Å². The number of hydrogen-bond acceptors (Lipinski definition) is 4. The Morgan fingerprint density at radius 3 is 2.56 bits per heavy atom. The summed E-state index contributed by atoms with van der Waals surface area (Å²) in [6.07, 6.45) is -0.567. The molecule has 1 aromatic carbocycles. The Balaban J connectivity index is 2.49. The van der Waals surface area contributed by atoms with Gasteiger partial charge in [0, 0.05) is 17.9 Å². The van der Waals surface area contributed by atoms with Crippen molar-refractivity contribution in [1.29, 1.82) is 0 Å². The van der Waals surface area contributed by atoms with Crippen molar-refractivity contribution in [3.05, 3.63) is 57.0 Å². The molecular formula is C16H17F2N3O4. The minimum atomic E-state index is -1.12. The van der Waals surface area contributed by atoms with E-state index in [1.54, 1.807) is 6.92 Å². The van der Waals surface area contributed by atoms with Gasteiger partial charge in [0.15, 0.2) is 11.6 Å². The fourth-order valence-electron chi connectivity index (χ4n) is 2.59. The Kier molecular flexibility index (Phi) is 5.68. The van der Waals surface area contributed by atoms with Gasteiger partial charge < -0.3 is 15.6 Å². The molecule has 2 rings (SSSR count). The molecule has 0 fully saturated rings. The van der Waals surface area contributed by atoms with Gasteiger partial charge >= 0.3 is 5.97 Å². The highest BCUT2D eigenvalue weighted by molar-refractivity contribution is 5.76. The molecule has 4 N–H and O–H groups in total. The molecule has 1 atom stereocenters. The maximum Gasteiger partial charge on any atom is 0.311 e. The topological polar surface area (TPSA) is 118 Å². The van der Waals surface area contributed by atoms with Gasteiger partial charge in [-0.3, -0.25) is 19.5 Å². The maximum absolute atomic E-state index is 13.6. The first kappa shape index (κ1) is 18.4. The monoisotopic (exact) mass is 353 g/mol. The number of aromatic nitrogens is 2. The third-order valence-electron chi connectivity index (χ3n) is 3.62. The number of aromatic amines is 2. The van der Waals surface area contributed by atoms with Crippen LogP contribution in [0.1, 0.15) is 36.1 Å². The SMILES string of the molecule is CCOC(=O)Cc1[nH][nH]c(=O)c1C(CC(N)=O)c1ccc(F)c(F)c1. The van der Waals surface area contributed by atoms with Crippen molar-refractivity contribution < 1.29 is 23.1 Å². The van der Waals surface area contributed by atoms with Crippen molar-refractivity contribution in [2.75, 3.05) is 6.61 Å². The summed E-state index contributed by atoms with van der Waals surface area (Å²) in [5.74, 6) is -4.44. The first-order valence-electron chi connectivity index (χ1n) is 7.51. The van der Waals surface area contributed by atoms with Crippen LogP contribution in [-0.2, 0) is 20.7 Å². The van der Waals surface area contributed by atoms with Crippen LogP contribution in [0.2, 0.25) is 0 Å². The van der Waals surface area contributed by atoms with E-state index in [-0.39, 0.29) is 36.3 Å². The molecule has 0 radical (unpaired) electrons. The van der Waals surface area contributed by atoms with Crippen molar-refractivity contribution in [3.8, 4) is 0 Å². The Hall–Kier alpha value is -2.97. The normalized spacial score (nSPS) is 12.0. The summed E-state index contributed by atoms with van der Waals surface area (Å²) in [4.78, 5) is 35.3. The van der Waals surface area contributed by atoms with Gasteiger partial charge in [0.25, 0.3) is 5.56 Å². The largest absolute Gasteiger partial charge is 0.466 e. The van der Waals surface area contributed by atoms with E-state index in [0.717, 1.165) is 12.1 Å². The number of rotatable bonds is 7.